The van der Waals surface area contributed by atoms with Crippen molar-refractivity contribution < 1.29 is 22.1 Å². The Hall–Kier alpha value is -2.58. The van der Waals surface area contributed by atoms with Crippen LogP contribution in [0, 0.1) is 6.92 Å². The van der Waals surface area contributed by atoms with E-state index in [-0.39, 0.29) is 17.7 Å². The van der Waals surface area contributed by atoms with Crippen LogP contribution < -0.4 is 14.2 Å². The monoisotopic (exact) mass is 446 g/mol. The minimum absolute atomic E-state index is 0.0880. The summed E-state index contributed by atoms with van der Waals surface area (Å²) in [4.78, 5) is 15.4. The fourth-order valence-corrected chi connectivity index (χ4v) is 4.21. The topological polar surface area (TPSA) is 84.9 Å². The van der Waals surface area contributed by atoms with Crippen LogP contribution >= 0.6 is 0 Å². The smallest absolute Gasteiger partial charge is 0.306 e. The molecule has 2 aromatic carbocycles. The molecule has 1 N–H and O–H groups in total. The first kappa shape index (κ1) is 23.1. The molecule has 1 saturated heterocycles. The number of rotatable bonds is 8. The highest BCUT2D eigenvalue weighted by Gasteiger charge is 2.27. The van der Waals surface area contributed by atoms with Gasteiger partial charge in [0, 0.05) is 18.2 Å². The van der Waals surface area contributed by atoms with Gasteiger partial charge in [-0.3, -0.25) is 4.79 Å². The van der Waals surface area contributed by atoms with E-state index in [1.165, 1.54) is 12.1 Å². The van der Waals surface area contributed by atoms with E-state index in [4.69, 9.17) is 8.92 Å². The summed E-state index contributed by atoms with van der Waals surface area (Å²) in [6.45, 7) is 6.67. The van der Waals surface area contributed by atoms with Crippen LogP contribution in [0.15, 0.2) is 42.5 Å². The van der Waals surface area contributed by atoms with Gasteiger partial charge in [0.1, 0.15) is 11.5 Å². The minimum atomic E-state index is -3.67. The van der Waals surface area contributed by atoms with Crippen LogP contribution in [0.1, 0.15) is 41.3 Å². The maximum atomic E-state index is 13.5. The Labute approximate surface area is 184 Å². The highest BCUT2D eigenvalue weighted by Crippen LogP contribution is 2.25. The van der Waals surface area contributed by atoms with Gasteiger partial charge in [0.2, 0.25) is 0 Å². The average molecular weight is 447 g/mol. The van der Waals surface area contributed by atoms with Gasteiger partial charge in [-0.15, -0.1) is 0 Å². The van der Waals surface area contributed by atoms with Gasteiger partial charge in [0.25, 0.3) is 5.91 Å². The Morgan fingerprint density at radius 2 is 1.90 bits per heavy atom. The second-order valence-corrected chi connectivity index (χ2v) is 9.34. The van der Waals surface area contributed by atoms with E-state index < -0.39 is 10.1 Å². The van der Waals surface area contributed by atoms with E-state index in [9.17, 15) is 13.2 Å². The normalized spacial score (nSPS) is 14.8. The number of hydrogen-bond donors (Lipinski definition) is 1. The lowest BCUT2D eigenvalue weighted by atomic mass is 10.0. The maximum absolute atomic E-state index is 13.5. The summed E-state index contributed by atoms with van der Waals surface area (Å²) in [5.74, 6) is 0.804. The van der Waals surface area contributed by atoms with Crippen LogP contribution in [0.3, 0.4) is 0 Å². The van der Waals surface area contributed by atoms with Crippen molar-refractivity contribution in [2.24, 2.45) is 0 Å². The Morgan fingerprint density at radius 1 is 1.16 bits per heavy atom. The number of ether oxygens (including phenoxy) is 1. The molecular formula is C23H30N2O5S. The molecule has 3 rings (SSSR count). The van der Waals surface area contributed by atoms with E-state index in [0.717, 1.165) is 49.1 Å². The highest BCUT2D eigenvalue weighted by atomic mass is 32.2. The van der Waals surface area contributed by atoms with Crippen molar-refractivity contribution in [2.45, 2.75) is 39.3 Å². The highest BCUT2D eigenvalue weighted by molar-refractivity contribution is 7.86. The molecular weight excluding hydrogens is 416 g/mol. The Bertz CT molecular complexity index is 1020. The Morgan fingerprint density at radius 3 is 2.58 bits per heavy atom. The predicted octanol–water partition coefficient (Wildman–Crippen LogP) is 3.13. The van der Waals surface area contributed by atoms with Crippen molar-refractivity contribution in [2.75, 3.05) is 26.0 Å². The van der Waals surface area contributed by atoms with E-state index in [2.05, 4.69) is 5.32 Å². The largest absolute Gasteiger partial charge is 0.494 e. The summed E-state index contributed by atoms with van der Waals surface area (Å²) in [6, 6.07) is 12.4. The molecule has 0 aromatic heterocycles. The van der Waals surface area contributed by atoms with Gasteiger partial charge in [-0.1, -0.05) is 18.2 Å². The molecule has 2 aromatic rings. The predicted molar refractivity (Wildman–Crippen MR) is 120 cm³/mol. The Kier molecular flexibility index (Phi) is 7.56. The van der Waals surface area contributed by atoms with Crippen molar-refractivity contribution in [3.8, 4) is 11.5 Å². The van der Waals surface area contributed by atoms with Gasteiger partial charge in [-0.25, -0.2) is 0 Å². The van der Waals surface area contributed by atoms with Crippen molar-refractivity contribution >= 4 is 16.0 Å². The number of amides is 1. The molecule has 0 saturated carbocycles. The van der Waals surface area contributed by atoms with Gasteiger partial charge in [0.15, 0.2) is 0 Å². The first-order valence-corrected chi connectivity index (χ1v) is 12.3. The maximum Gasteiger partial charge on any atom is 0.306 e. The molecule has 0 aliphatic carbocycles. The summed E-state index contributed by atoms with van der Waals surface area (Å²) in [5, 5.41) is 3.34. The first-order valence-electron chi connectivity index (χ1n) is 10.5. The van der Waals surface area contributed by atoms with Gasteiger partial charge >= 0.3 is 10.1 Å². The third kappa shape index (κ3) is 6.45. The molecule has 1 amide bonds. The van der Waals surface area contributed by atoms with E-state index in [1.807, 2.05) is 36.9 Å². The van der Waals surface area contributed by atoms with Crippen molar-refractivity contribution in [3.63, 3.8) is 0 Å². The van der Waals surface area contributed by atoms with Crippen LogP contribution in [0.25, 0.3) is 0 Å². The number of benzene rings is 2. The summed E-state index contributed by atoms with van der Waals surface area (Å²) >= 11 is 0. The van der Waals surface area contributed by atoms with Crippen molar-refractivity contribution in [1.82, 2.24) is 10.2 Å². The molecule has 0 spiro atoms. The molecule has 8 heteroatoms. The van der Waals surface area contributed by atoms with Crippen molar-refractivity contribution in [1.29, 1.82) is 0 Å². The third-order valence-electron chi connectivity index (χ3n) is 5.24. The number of hydrogen-bond acceptors (Lipinski definition) is 6. The number of nitrogens with one attached hydrogen (secondary N) is 1. The molecule has 7 nitrogen and oxygen atoms in total. The van der Waals surface area contributed by atoms with E-state index in [1.54, 1.807) is 12.1 Å². The summed E-state index contributed by atoms with van der Waals surface area (Å²) in [6.07, 6.45) is 2.70. The van der Waals surface area contributed by atoms with Gasteiger partial charge < -0.3 is 19.1 Å². The lowest BCUT2D eigenvalue weighted by Crippen LogP contribution is -2.45. The van der Waals surface area contributed by atoms with Crippen LogP contribution in [0.2, 0.25) is 0 Å². The molecule has 1 aliphatic rings. The van der Waals surface area contributed by atoms with Gasteiger partial charge in [-0.2, -0.15) is 8.42 Å². The summed E-state index contributed by atoms with van der Waals surface area (Å²) in [7, 11) is -3.67. The number of nitrogens with zero attached hydrogens (tertiary/aromatic N) is 1. The van der Waals surface area contributed by atoms with Crippen molar-refractivity contribution in [3.05, 3.63) is 59.2 Å². The molecule has 0 bridgehead atoms. The Balaban J connectivity index is 1.90. The zero-order valence-corrected chi connectivity index (χ0v) is 19.1. The van der Waals surface area contributed by atoms with E-state index in [0.29, 0.717) is 18.7 Å². The second kappa shape index (κ2) is 10.2. The number of carbonyl (C=O) groups is 1. The zero-order valence-electron chi connectivity index (χ0n) is 18.3. The standard InChI is InChI=1S/C23H30N2O5S/c1-4-29-22-14-18(9-8-17(22)2)16-25(20-10-12-24-13-11-20)23(26)19-6-5-7-21(15-19)30-31(3,27)28/h5-9,14-15,20,24H,4,10-13,16H2,1-3H3. The number of carbonyl (C=O) groups excluding carboxylic acids is 1. The quantitative estimate of drug-likeness (QED) is 0.627. The lowest BCUT2D eigenvalue weighted by molar-refractivity contribution is 0.0622. The SMILES string of the molecule is CCOc1cc(CN(C(=O)c2cccc(OS(C)(=O)=O)c2)C2CCNCC2)ccc1C. The molecule has 31 heavy (non-hydrogen) atoms. The van der Waals surface area contributed by atoms with E-state index >= 15 is 0 Å². The van der Waals surface area contributed by atoms with Gasteiger partial charge in [0.05, 0.1) is 12.9 Å². The lowest BCUT2D eigenvalue weighted by Gasteiger charge is -2.35. The third-order valence-corrected chi connectivity index (χ3v) is 5.74. The first-order chi connectivity index (χ1) is 14.8. The number of piperidine rings is 1. The molecule has 0 unspecified atom stereocenters. The average Bonchev–Trinajstić information content (AvgIpc) is 2.73. The van der Waals surface area contributed by atoms with Crippen LogP contribution in [-0.4, -0.2) is 51.2 Å². The molecule has 0 radical (unpaired) electrons. The minimum Gasteiger partial charge on any atom is -0.494 e. The fraction of sp³-hybridized carbons (Fsp3) is 0.435. The fourth-order valence-electron chi connectivity index (χ4n) is 3.76. The van der Waals surface area contributed by atoms with Crippen LogP contribution in [0.5, 0.6) is 11.5 Å². The molecule has 168 valence electrons. The molecule has 0 atom stereocenters. The summed E-state index contributed by atoms with van der Waals surface area (Å²) in [5.41, 5.74) is 2.44. The molecule has 1 heterocycles. The van der Waals surface area contributed by atoms with Gasteiger partial charge in [-0.05, 0) is 75.2 Å². The second-order valence-electron chi connectivity index (χ2n) is 7.76. The van der Waals surface area contributed by atoms with Crippen LogP contribution in [-0.2, 0) is 16.7 Å². The zero-order chi connectivity index (χ0) is 22.4. The molecule has 1 aliphatic heterocycles. The summed E-state index contributed by atoms with van der Waals surface area (Å²) < 4.78 is 33.7. The number of aryl methyl sites for hydroxylation is 1. The van der Waals surface area contributed by atoms with Crippen LogP contribution in [0.4, 0.5) is 0 Å². The molecule has 1 fully saturated rings.